The summed E-state index contributed by atoms with van der Waals surface area (Å²) in [4.78, 5) is 41.1. The zero-order valence-electron chi connectivity index (χ0n) is 15.3. The zero-order chi connectivity index (χ0) is 19.8. The number of ether oxygens (including phenoxy) is 1. The van der Waals surface area contributed by atoms with Crippen molar-refractivity contribution in [3.8, 4) is 5.75 Å². The van der Waals surface area contributed by atoms with Crippen molar-refractivity contribution in [1.29, 1.82) is 0 Å². The first-order valence-electron chi connectivity index (χ1n) is 9.09. The Kier molecular flexibility index (Phi) is 4.58. The van der Waals surface area contributed by atoms with Crippen molar-refractivity contribution in [3.05, 3.63) is 59.9 Å². The third-order valence-corrected chi connectivity index (χ3v) is 5.07. The molecule has 2 aromatic rings. The molecule has 0 spiro atoms. The lowest BCUT2D eigenvalue weighted by atomic mass is 10.1. The van der Waals surface area contributed by atoms with E-state index in [4.69, 9.17) is 4.74 Å². The van der Waals surface area contributed by atoms with E-state index in [-0.39, 0.29) is 23.9 Å². The van der Waals surface area contributed by atoms with Crippen LogP contribution in [0.3, 0.4) is 0 Å². The van der Waals surface area contributed by atoms with Crippen molar-refractivity contribution in [1.82, 2.24) is 4.90 Å². The van der Waals surface area contributed by atoms with E-state index in [9.17, 15) is 18.8 Å². The zero-order valence-corrected chi connectivity index (χ0v) is 15.3. The summed E-state index contributed by atoms with van der Waals surface area (Å²) in [6.07, 6.45) is 1.36. The van der Waals surface area contributed by atoms with Gasteiger partial charge in [0.15, 0.2) is 0 Å². The van der Waals surface area contributed by atoms with Gasteiger partial charge in [-0.3, -0.25) is 14.4 Å². The largest absolute Gasteiger partial charge is 0.497 e. The standard InChI is InChI=1S/C21H19FN2O4/c1-28-15-10-8-14(9-11-15)24-19(25)12-18(21(24)27)23(13-6-7-13)20(26)16-4-2-3-5-17(16)22/h2-5,8-11,13,18H,6-7,12H2,1H3. The van der Waals surface area contributed by atoms with Crippen LogP contribution in [-0.2, 0) is 9.59 Å². The maximum absolute atomic E-state index is 14.1. The predicted octanol–water partition coefficient (Wildman–Crippen LogP) is 2.77. The third-order valence-electron chi connectivity index (χ3n) is 5.07. The van der Waals surface area contributed by atoms with E-state index in [0.717, 1.165) is 17.7 Å². The van der Waals surface area contributed by atoms with Crippen LogP contribution < -0.4 is 9.64 Å². The Bertz CT molecular complexity index is 940. The van der Waals surface area contributed by atoms with Crippen molar-refractivity contribution in [2.24, 2.45) is 0 Å². The second kappa shape index (κ2) is 7.07. The van der Waals surface area contributed by atoms with Gasteiger partial charge < -0.3 is 9.64 Å². The van der Waals surface area contributed by atoms with Crippen LogP contribution in [0.5, 0.6) is 5.75 Å². The Morgan fingerprint density at radius 2 is 1.79 bits per heavy atom. The number of hydrogen-bond donors (Lipinski definition) is 0. The average molecular weight is 382 g/mol. The van der Waals surface area contributed by atoms with Gasteiger partial charge in [-0.2, -0.15) is 0 Å². The normalized spacial score (nSPS) is 19.1. The van der Waals surface area contributed by atoms with Gasteiger partial charge in [-0.1, -0.05) is 12.1 Å². The molecule has 4 rings (SSSR count). The quantitative estimate of drug-likeness (QED) is 0.746. The minimum atomic E-state index is -0.922. The molecule has 0 aromatic heterocycles. The molecule has 1 aliphatic carbocycles. The van der Waals surface area contributed by atoms with Crippen LogP contribution in [0.15, 0.2) is 48.5 Å². The van der Waals surface area contributed by atoms with Gasteiger partial charge in [-0.25, -0.2) is 9.29 Å². The molecule has 1 saturated carbocycles. The first-order chi connectivity index (χ1) is 13.5. The molecule has 0 bridgehead atoms. The monoisotopic (exact) mass is 382 g/mol. The fraction of sp³-hybridized carbons (Fsp3) is 0.286. The van der Waals surface area contributed by atoms with E-state index in [0.29, 0.717) is 11.4 Å². The fourth-order valence-electron chi connectivity index (χ4n) is 3.52. The lowest BCUT2D eigenvalue weighted by Crippen LogP contribution is -2.47. The summed E-state index contributed by atoms with van der Waals surface area (Å²) >= 11 is 0. The highest BCUT2D eigenvalue weighted by Gasteiger charge is 2.49. The van der Waals surface area contributed by atoms with Crippen molar-refractivity contribution in [2.45, 2.75) is 31.3 Å². The molecule has 28 heavy (non-hydrogen) atoms. The van der Waals surface area contributed by atoms with Gasteiger partial charge in [0.2, 0.25) is 5.91 Å². The lowest BCUT2D eigenvalue weighted by Gasteiger charge is -2.27. The minimum Gasteiger partial charge on any atom is -0.497 e. The van der Waals surface area contributed by atoms with Gasteiger partial charge in [0.05, 0.1) is 24.8 Å². The van der Waals surface area contributed by atoms with E-state index in [1.165, 1.54) is 30.2 Å². The maximum Gasteiger partial charge on any atom is 0.257 e. The number of amides is 3. The molecule has 2 aromatic carbocycles. The highest BCUT2D eigenvalue weighted by molar-refractivity contribution is 6.23. The summed E-state index contributed by atoms with van der Waals surface area (Å²) in [6, 6.07) is 11.2. The predicted molar refractivity (Wildman–Crippen MR) is 99.5 cm³/mol. The lowest BCUT2D eigenvalue weighted by molar-refractivity contribution is -0.122. The summed E-state index contributed by atoms with van der Waals surface area (Å²) in [7, 11) is 1.53. The average Bonchev–Trinajstić information content (AvgIpc) is 3.48. The Labute approximate surface area is 161 Å². The molecule has 0 N–H and O–H groups in total. The van der Waals surface area contributed by atoms with Crippen LogP contribution in [0.4, 0.5) is 10.1 Å². The first-order valence-corrected chi connectivity index (χ1v) is 9.09. The number of carbonyl (C=O) groups is 3. The number of imide groups is 1. The number of halogens is 1. The molecule has 144 valence electrons. The molecule has 1 heterocycles. The molecule has 3 amide bonds. The molecule has 2 fully saturated rings. The van der Waals surface area contributed by atoms with Crippen LogP contribution in [0, 0.1) is 5.82 Å². The smallest absolute Gasteiger partial charge is 0.257 e. The fourth-order valence-corrected chi connectivity index (χ4v) is 3.52. The van der Waals surface area contributed by atoms with Crippen molar-refractivity contribution in [3.63, 3.8) is 0 Å². The van der Waals surface area contributed by atoms with Crippen LogP contribution in [-0.4, -0.2) is 41.8 Å². The summed E-state index contributed by atoms with van der Waals surface area (Å²) in [5.41, 5.74) is 0.338. The number of hydrogen-bond acceptors (Lipinski definition) is 4. The second-order valence-corrected chi connectivity index (χ2v) is 6.91. The van der Waals surface area contributed by atoms with E-state index in [2.05, 4.69) is 0 Å². The number of benzene rings is 2. The van der Waals surface area contributed by atoms with Crippen LogP contribution in [0.1, 0.15) is 29.6 Å². The van der Waals surface area contributed by atoms with Gasteiger partial charge in [-0.15, -0.1) is 0 Å². The molecule has 7 heteroatoms. The van der Waals surface area contributed by atoms with Crippen molar-refractivity contribution in [2.75, 3.05) is 12.0 Å². The molecule has 1 atom stereocenters. The topological polar surface area (TPSA) is 66.9 Å². The van der Waals surface area contributed by atoms with Crippen molar-refractivity contribution >= 4 is 23.4 Å². The number of rotatable bonds is 5. The van der Waals surface area contributed by atoms with Crippen molar-refractivity contribution < 1.29 is 23.5 Å². The highest BCUT2D eigenvalue weighted by Crippen LogP contribution is 2.35. The van der Waals surface area contributed by atoms with E-state index in [1.807, 2.05) is 0 Å². The molecule has 1 aliphatic heterocycles. The van der Waals surface area contributed by atoms with Crippen LogP contribution in [0.25, 0.3) is 0 Å². The highest BCUT2D eigenvalue weighted by atomic mass is 19.1. The van der Waals surface area contributed by atoms with Gasteiger partial charge in [0.25, 0.3) is 11.8 Å². The maximum atomic E-state index is 14.1. The van der Waals surface area contributed by atoms with Gasteiger partial charge in [0.1, 0.15) is 17.6 Å². The van der Waals surface area contributed by atoms with E-state index in [1.54, 1.807) is 30.3 Å². The summed E-state index contributed by atoms with van der Waals surface area (Å²) in [6.45, 7) is 0. The van der Waals surface area contributed by atoms with Gasteiger partial charge >= 0.3 is 0 Å². The molecule has 0 radical (unpaired) electrons. The number of carbonyl (C=O) groups excluding carboxylic acids is 3. The van der Waals surface area contributed by atoms with E-state index < -0.39 is 23.7 Å². The van der Waals surface area contributed by atoms with E-state index >= 15 is 0 Å². The van der Waals surface area contributed by atoms with Crippen LogP contribution >= 0.6 is 0 Å². The number of nitrogens with zero attached hydrogens (tertiary/aromatic N) is 2. The molecular weight excluding hydrogens is 363 g/mol. The Morgan fingerprint density at radius 1 is 1.11 bits per heavy atom. The minimum absolute atomic E-state index is 0.0856. The Hall–Kier alpha value is -3.22. The van der Waals surface area contributed by atoms with Gasteiger partial charge in [0, 0.05) is 6.04 Å². The molecular formula is C21H19FN2O4. The number of anilines is 1. The molecule has 1 saturated heterocycles. The third kappa shape index (κ3) is 3.13. The van der Waals surface area contributed by atoms with Gasteiger partial charge in [-0.05, 0) is 49.2 Å². The SMILES string of the molecule is COc1ccc(N2C(=O)CC(N(C(=O)c3ccccc3F)C3CC3)C2=O)cc1. The summed E-state index contributed by atoms with van der Waals surface area (Å²) < 4.78 is 19.2. The second-order valence-electron chi connectivity index (χ2n) is 6.91. The number of methoxy groups -OCH3 is 1. The summed E-state index contributed by atoms with van der Waals surface area (Å²) in [5, 5.41) is 0. The van der Waals surface area contributed by atoms with Crippen LogP contribution in [0.2, 0.25) is 0 Å². The molecule has 2 aliphatic rings. The summed E-state index contributed by atoms with van der Waals surface area (Å²) in [5.74, 6) is -1.43. The molecule has 6 nitrogen and oxygen atoms in total. The molecule has 1 unspecified atom stereocenters. The first kappa shape index (κ1) is 18.2. The Balaban J connectivity index is 1.63. The Morgan fingerprint density at radius 3 is 2.39 bits per heavy atom.